The number of rotatable bonds is 1. The van der Waals surface area contributed by atoms with Gasteiger partial charge in [0.05, 0.1) is 5.39 Å². The zero-order valence-electron chi connectivity index (χ0n) is 10.2. The Kier molecular flexibility index (Phi) is 2.57. The van der Waals surface area contributed by atoms with Crippen LogP contribution in [0.5, 0.6) is 11.5 Å². The molecule has 3 aromatic rings. The fourth-order valence-corrected chi connectivity index (χ4v) is 2.13. The first-order chi connectivity index (χ1) is 9.58. The molecule has 0 saturated carbocycles. The van der Waals surface area contributed by atoms with Gasteiger partial charge in [-0.3, -0.25) is 4.79 Å². The third-order valence-corrected chi connectivity index (χ3v) is 3.01. The maximum atomic E-state index is 11.4. The molecule has 0 spiro atoms. The second-order valence-corrected chi connectivity index (χ2v) is 4.29. The third kappa shape index (κ3) is 1.74. The first-order valence-electron chi connectivity index (χ1n) is 5.80. The van der Waals surface area contributed by atoms with Crippen molar-refractivity contribution < 1.29 is 15.4 Å². The fourth-order valence-electron chi connectivity index (χ4n) is 2.13. The molecule has 20 heavy (non-hydrogen) atoms. The summed E-state index contributed by atoms with van der Waals surface area (Å²) in [5, 5.41) is 29.4. The van der Waals surface area contributed by atoms with E-state index < -0.39 is 5.56 Å². The summed E-state index contributed by atoms with van der Waals surface area (Å²) in [7, 11) is 0. The summed E-state index contributed by atoms with van der Waals surface area (Å²) in [5.41, 5.74) is 0.365. The average molecular weight is 270 g/mol. The Morgan fingerprint density at radius 1 is 1.10 bits per heavy atom. The van der Waals surface area contributed by atoms with Gasteiger partial charge in [-0.05, 0) is 29.3 Å². The minimum atomic E-state index is -0.768. The van der Waals surface area contributed by atoms with Gasteiger partial charge < -0.3 is 15.4 Å². The van der Waals surface area contributed by atoms with Crippen LogP contribution in [-0.4, -0.2) is 25.1 Å². The predicted octanol–water partition coefficient (Wildman–Crippen LogP) is 1.71. The second-order valence-electron chi connectivity index (χ2n) is 4.29. The van der Waals surface area contributed by atoms with Crippen LogP contribution >= 0.6 is 0 Å². The minimum Gasteiger partial charge on any atom is -0.508 e. The van der Waals surface area contributed by atoms with Gasteiger partial charge in [0.2, 0.25) is 0 Å². The molecule has 0 saturated heterocycles. The highest BCUT2D eigenvalue weighted by Crippen LogP contribution is 2.33. The number of aromatic hydroxyl groups is 2. The molecule has 1 aromatic carbocycles. The van der Waals surface area contributed by atoms with Gasteiger partial charge in [0, 0.05) is 12.3 Å². The molecule has 0 aliphatic heterocycles. The Morgan fingerprint density at radius 2 is 1.90 bits per heavy atom. The Bertz CT molecular complexity index is 871. The van der Waals surface area contributed by atoms with Crippen molar-refractivity contribution in [1.29, 1.82) is 0 Å². The molecular formula is C14H10N2O4. The summed E-state index contributed by atoms with van der Waals surface area (Å²) in [5.74, 6) is -0.203. The molecule has 0 amide bonds. The first-order valence-corrected chi connectivity index (χ1v) is 5.80. The molecular weight excluding hydrogens is 260 g/mol. The second kappa shape index (κ2) is 4.27. The fraction of sp³-hybridized carbons (Fsp3) is 0. The van der Waals surface area contributed by atoms with E-state index in [1.165, 1.54) is 18.3 Å². The van der Waals surface area contributed by atoms with Crippen LogP contribution in [0.1, 0.15) is 0 Å². The van der Waals surface area contributed by atoms with Gasteiger partial charge >= 0.3 is 0 Å². The predicted molar refractivity (Wildman–Crippen MR) is 72.0 cm³/mol. The van der Waals surface area contributed by atoms with Crippen molar-refractivity contribution in [2.45, 2.75) is 0 Å². The SMILES string of the molecule is O=c1cc(O)c2c(-c3cccc(O)c3)ccnc2n1O. The molecule has 0 atom stereocenters. The Morgan fingerprint density at radius 3 is 2.65 bits per heavy atom. The lowest BCUT2D eigenvalue weighted by atomic mass is 10.0. The molecule has 6 heteroatoms. The van der Waals surface area contributed by atoms with Gasteiger partial charge in [0.25, 0.3) is 5.56 Å². The number of pyridine rings is 2. The molecule has 0 bridgehead atoms. The number of fused-ring (bicyclic) bond motifs is 1. The van der Waals surface area contributed by atoms with Crippen molar-refractivity contribution >= 4 is 11.0 Å². The van der Waals surface area contributed by atoms with E-state index in [1.54, 1.807) is 18.2 Å². The standard InChI is InChI=1S/C14H10N2O4/c17-9-3-1-2-8(6-9)10-4-5-15-14-13(10)11(18)7-12(19)16(14)20/h1-7,17-18,20H. The molecule has 0 unspecified atom stereocenters. The minimum absolute atomic E-state index is 0.0455. The van der Waals surface area contributed by atoms with Gasteiger partial charge in [-0.2, -0.15) is 0 Å². The van der Waals surface area contributed by atoms with E-state index in [0.717, 1.165) is 6.07 Å². The smallest absolute Gasteiger partial charge is 0.288 e. The number of nitrogens with zero attached hydrogens (tertiary/aromatic N) is 2. The Hall–Kier alpha value is -3.02. The van der Waals surface area contributed by atoms with Crippen molar-refractivity contribution in [2.24, 2.45) is 0 Å². The number of phenols is 1. The van der Waals surface area contributed by atoms with Crippen LogP contribution < -0.4 is 5.56 Å². The van der Waals surface area contributed by atoms with Crippen LogP contribution in [-0.2, 0) is 0 Å². The summed E-state index contributed by atoms with van der Waals surface area (Å²) in [6.45, 7) is 0. The number of aromatic nitrogens is 2. The first kappa shape index (κ1) is 12.0. The maximum Gasteiger partial charge on any atom is 0.288 e. The van der Waals surface area contributed by atoms with Gasteiger partial charge in [-0.25, -0.2) is 4.98 Å². The summed E-state index contributed by atoms with van der Waals surface area (Å²) < 4.78 is 0.376. The van der Waals surface area contributed by atoms with Gasteiger partial charge in [0.15, 0.2) is 5.65 Å². The number of benzene rings is 1. The zero-order chi connectivity index (χ0) is 14.3. The van der Waals surface area contributed by atoms with E-state index in [9.17, 15) is 20.2 Å². The number of hydrogen-bond acceptors (Lipinski definition) is 5. The molecule has 0 radical (unpaired) electrons. The highest BCUT2D eigenvalue weighted by atomic mass is 16.5. The summed E-state index contributed by atoms with van der Waals surface area (Å²) in [6, 6.07) is 8.97. The monoisotopic (exact) mass is 270 g/mol. The van der Waals surface area contributed by atoms with Gasteiger partial charge in [-0.1, -0.05) is 12.1 Å². The molecule has 3 rings (SSSR count). The lowest BCUT2D eigenvalue weighted by Gasteiger charge is -2.09. The van der Waals surface area contributed by atoms with E-state index >= 15 is 0 Å². The molecule has 0 fully saturated rings. The average Bonchev–Trinajstić information content (AvgIpc) is 2.44. The Balaban J connectivity index is 2.44. The molecule has 3 N–H and O–H groups in total. The normalized spacial score (nSPS) is 10.8. The third-order valence-electron chi connectivity index (χ3n) is 3.01. The van der Waals surface area contributed by atoms with Gasteiger partial charge in [0.1, 0.15) is 11.5 Å². The van der Waals surface area contributed by atoms with Gasteiger partial charge in [-0.15, -0.1) is 4.73 Å². The van der Waals surface area contributed by atoms with Crippen molar-refractivity contribution in [2.75, 3.05) is 0 Å². The van der Waals surface area contributed by atoms with Crippen LogP contribution in [0, 0.1) is 0 Å². The van der Waals surface area contributed by atoms with E-state index in [4.69, 9.17) is 0 Å². The van der Waals surface area contributed by atoms with E-state index in [0.29, 0.717) is 15.9 Å². The summed E-state index contributed by atoms with van der Waals surface area (Å²) in [4.78, 5) is 15.3. The molecule has 0 aliphatic carbocycles. The lowest BCUT2D eigenvalue weighted by molar-refractivity contribution is 0.186. The molecule has 6 nitrogen and oxygen atoms in total. The zero-order valence-corrected chi connectivity index (χ0v) is 10.2. The van der Waals surface area contributed by atoms with Crippen LogP contribution in [0.25, 0.3) is 22.2 Å². The lowest BCUT2D eigenvalue weighted by Crippen LogP contribution is -2.17. The molecule has 2 heterocycles. The quantitative estimate of drug-likeness (QED) is 0.585. The van der Waals surface area contributed by atoms with E-state index in [1.807, 2.05) is 0 Å². The largest absolute Gasteiger partial charge is 0.508 e. The van der Waals surface area contributed by atoms with Crippen molar-refractivity contribution in [1.82, 2.24) is 9.71 Å². The number of hydrogen-bond donors (Lipinski definition) is 3. The summed E-state index contributed by atoms with van der Waals surface area (Å²) >= 11 is 0. The topological polar surface area (TPSA) is 95.6 Å². The highest BCUT2D eigenvalue weighted by molar-refractivity contribution is 5.96. The Labute approximate surface area is 112 Å². The van der Waals surface area contributed by atoms with Crippen LogP contribution in [0.3, 0.4) is 0 Å². The molecule has 100 valence electrons. The molecule has 2 aromatic heterocycles. The summed E-state index contributed by atoms with van der Waals surface area (Å²) in [6.07, 6.45) is 1.41. The maximum absolute atomic E-state index is 11.4. The van der Waals surface area contributed by atoms with Crippen LogP contribution in [0.4, 0.5) is 0 Å². The van der Waals surface area contributed by atoms with E-state index in [2.05, 4.69) is 4.98 Å². The number of phenolic OH excluding ortho intramolecular Hbond substituents is 1. The molecule has 0 aliphatic rings. The van der Waals surface area contributed by atoms with E-state index in [-0.39, 0.29) is 22.5 Å². The van der Waals surface area contributed by atoms with Crippen molar-refractivity contribution in [3.8, 4) is 22.6 Å². The van der Waals surface area contributed by atoms with Crippen molar-refractivity contribution in [3.05, 3.63) is 52.9 Å². The van der Waals surface area contributed by atoms with Crippen LogP contribution in [0.2, 0.25) is 0 Å². The van der Waals surface area contributed by atoms with Crippen molar-refractivity contribution in [3.63, 3.8) is 0 Å². The van der Waals surface area contributed by atoms with Crippen LogP contribution in [0.15, 0.2) is 47.4 Å². The highest BCUT2D eigenvalue weighted by Gasteiger charge is 2.14.